The van der Waals surface area contributed by atoms with Crippen LogP contribution < -0.4 is 10.0 Å². The third-order valence-corrected chi connectivity index (χ3v) is 5.27. The van der Waals surface area contributed by atoms with Gasteiger partial charge in [0.1, 0.15) is 5.84 Å². The van der Waals surface area contributed by atoms with Crippen LogP contribution in [0.25, 0.3) is 0 Å². The molecule has 126 valence electrons. The summed E-state index contributed by atoms with van der Waals surface area (Å²) in [7, 11) is -3.67. The van der Waals surface area contributed by atoms with Crippen LogP contribution in [-0.2, 0) is 14.8 Å². The molecule has 0 spiro atoms. The molecule has 6 nitrogen and oxygen atoms in total. The summed E-state index contributed by atoms with van der Waals surface area (Å²) in [5.74, 6) is 0.343. The Morgan fingerprint density at radius 1 is 1.30 bits per heavy atom. The number of rotatable bonds is 6. The fourth-order valence-corrected chi connectivity index (χ4v) is 3.62. The van der Waals surface area contributed by atoms with E-state index in [1.807, 2.05) is 13.8 Å². The minimum absolute atomic E-state index is 0.0683. The highest BCUT2D eigenvalue weighted by atomic mass is 32.2. The molecular formula is C16H23N3O3S. The number of carbonyl (C=O) groups excluding carboxylic acids is 1. The van der Waals surface area contributed by atoms with Crippen molar-refractivity contribution in [1.29, 1.82) is 0 Å². The monoisotopic (exact) mass is 337 g/mol. The molecule has 0 radical (unpaired) electrons. The molecule has 1 heterocycles. The van der Waals surface area contributed by atoms with E-state index in [0.717, 1.165) is 19.3 Å². The number of carbonyl (C=O) groups is 1. The highest BCUT2D eigenvalue weighted by molar-refractivity contribution is 7.90. The van der Waals surface area contributed by atoms with Crippen LogP contribution in [0.1, 0.15) is 39.5 Å². The third-order valence-electron chi connectivity index (χ3n) is 3.89. The van der Waals surface area contributed by atoms with E-state index >= 15 is 0 Å². The van der Waals surface area contributed by atoms with Gasteiger partial charge in [0, 0.05) is 24.6 Å². The molecule has 0 aromatic heterocycles. The van der Waals surface area contributed by atoms with Gasteiger partial charge < -0.3 is 5.32 Å². The Kier molecular flexibility index (Phi) is 5.76. The number of hydrogen-bond donors (Lipinski definition) is 2. The van der Waals surface area contributed by atoms with Crippen LogP contribution in [0.15, 0.2) is 34.2 Å². The zero-order valence-electron chi connectivity index (χ0n) is 13.5. The average molecular weight is 337 g/mol. The van der Waals surface area contributed by atoms with Crippen LogP contribution in [0.3, 0.4) is 0 Å². The van der Waals surface area contributed by atoms with Crippen molar-refractivity contribution >= 4 is 27.5 Å². The van der Waals surface area contributed by atoms with Crippen molar-refractivity contribution in [3.05, 3.63) is 24.3 Å². The summed E-state index contributed by atoms with van der Waals surface area (Å²) in [6, 6.07) is 6.28. The van der Waals surface area contributed by atoms with Crippen molar-refractivity contribution in [3.8, 4) is 0 Å². The number of benzene rings is 1. The van der Waals surface area contributed by atoms with Crippen molar-refractivity contribution < 1.29 is 13.2 Å². The van der Waals surface area contributed by atoms with Gasteiger partial charge >= 0.3 is 0 Å². The Morgan fingerprint density at radius 2 is 2.04 bits per heavy atom. The molecule has 0 fully saturated rings. The second-order valence-corrected chi connectivity index (χ2v) is 7.25. The maximum Gasteiger partial charge on any atom is 0.262 e. The molecule has 0 saturated heterocycles. The molecular weight excluding hydrogens is 314 g/mol. The van der Waals surface area contributed by atoms with Gasteiger partial charge in [-0.2, -0.15) is 0 Å². The summed E-state index contributed by atoms with van der Waals surface area (Å²) in [5, 5.41) is 2.79. The van der Waals surface area contributed by atoms with E-state index in [9.17, 15) is 13.2 Å². The highest BCUT2D eigenvalue weighted by Gasteiger charge is 2.19. The highest BCUT2D eigenvalue weighted by Crippen LogP contribution is 2.18. The summed E-state index contributed by atoms with van der Waals surface area (Å²) in [4.78, 5) is 16.4. The lowest BCUT2D eigenvalue weighted by Gasteiger charge is -2.14. The Bertz CT molecular complexity index is 694. The first-order chi connectivity index (χ1) is 11.0. The normalized spacial score (nSPS) is 14.7. The van der Waals surface area contributed by atoms with Gasteiger partial charge in [0.2, 0.25) is 5.91 Å². The van der Waals surface area contributed by atoms with Crippen LogP contribution in [0.2, 0.25) is 0 Å². The standard InChI is InChI=1S/C16H23N3O3S/c1-3-12(4-2)16(20)18-13-7-5-8-14(11-13)23(21,22)19-15-9-6-10-17-15/h5,7-8,11-12H,3-4,6,9-10H2,1-2H3,(H,17,19)(H,18,20). The number of hydrogen-bond acceptors (Lipinski definition) is 4. The lowest BCUT2D eigenvalue weighted by Crippen LogP contribution is -2.29. The van der Waals surface area contributed by atoms with Gasteiger partial charge in [-0.1, -0.05) is 19.9 Å². The molecule has 2 N–H and O–H groups in total. The first-order valence-electron chi connectivity index (χ1n) is 7.93. The molecule has 7 heteroatoms. The zero-order chi connectivity index (χ0) is 16.9. The van der Waals surface area contributed by atoms with E-state index in [1.54, 1.807) is 12.1 Å². The van der Waals surface area contributed by atoms with Crippen molar-refractivity contribution in [2.24, 2.45) is 10.9 Å². The van der Waals surface area contributed by atoms with Gasteiger partial charge in [0.25, 0.3) is 10.0 Å². The SMILES string of the molecule is CCC(CC)C(=O)Nc1cccc(S(=O)(=O)NC2=NCCC2)c1. The third kappa shape index (κ3) is 4.54. The summed E-state index contributed by atoms with van der Waals surface area (Å²) in [6.45, 7) is 4.57. The summed E-state index contributed by atoms with van der Waals surface area (Å²) in [5.41, 5.74) is 0.484. The predicted octanol–water partition coefficient (Wildman–Crippen LogP) is 2.53. The number of amidine groups is 1. The van der Waals surface area contributed by atoms with Gasteiger partial charge in [-0.05, 0) is 37.5 Å². The van der Waals surface area contributed by atoms with E-state index in [1.165, 1.54) is 12.1 Å². The van der Waals surface area contributed by atoms with Crippen LogP contribution in [0.4, 0.5) is 5.69 Å². The van der Waals surface area contributed by atoms with Crippen molar-refractivity contribution in [3.63, 3.8) is 0 Å². The Labute approximate surface area is 137 Å². The van der Waals surface area contributed by atoms with E-state index < -0.39 is 10.0 Å². The van der Waals surface area contributed by atoms with Crippen LogP contribution >= 0.6 is 0 Å². The molecule has 1 aliphatic rings. The van der Waals surface area contributed by atoms with Crippen LogP contribution in [0.5, 0.6) is 0 Å². The molecule has 1 aliphatic heterocycles. The summed E-state index contributed by atoms with van der Waals surface area (Å²) >= 11 is 0. The molecule has 0 unspecified atom stereocenters. The van der Waals surface area contributed by atoms with E-state index in [2.05, 4.69) is 15.0 Å². The number of nitrogens with zero attached hydrogens (tertiary/aromatic N) is 1. The fraction of sp³-hybridized carbons (Fsp3) is 0.500. The lowest BCUT2D eigenvalue weighted by molar-refractivity contribution is -0.120. The molecule has 0 atom stereocenters. The Morgan fingerprint density at radius 3 is 2.65 bits per heavy atom. The number of nitrogens with one attached hydrogen (secondary N) is 2. The number of aliphatic imine (C=N–C) groups is 1. The van der Waals surface area contributed by atoms with E-state index in [0.29, 0.717) is 24.5 Å². The Balaban J connectivity index is 2.14. The predicted molar refractivity (Wildman–Crippen MR) is 91.0 cm³/mol. The number of amides is 1. The van der Waals surface area contributed by atoms with Crippen LogP contribution in [-0.4, -0.2) is 26.7 Å². The maximum absolute atomic E-state index is 12.4. The molecule has 0 bridgehead atoms. The van der Waals surface area contributed by atoms with E-state index in [4.69, 9.17) is 0 Å². The van der Waals surface area contributed by atoms with Gasteiger partial charge in [-0.3, -0.25) is 14.5 Å². The molecule has 1 aromatic rings. The quantitative estimate of drug-likeness (QED) is 0.836. The first kappa shape index (κ1) is 17.5. The topological polar surface area (TPSA) is 87.6 Å². The van der Waals surface area contributed by atoms with E-state index in [-0.39, 0.29) is 16.7 Å². The van der Waals surface area contributed by atoms with Gasteiger partial charge in [0.15, 0.2) is 0 Å². The smallest absolute Gasteiger partial charge is 0.262 e. The zero-order valence-corrected chi connectivity index (χ0v) is 14.3. The minimum atomic E-state index is -3.67. The minimum Gasteiger partial charge on any atom is -0.326 e. The molecule has 23 heavy (non-hydrogen) atoms. The Hall–Kier alpha value is -1.89. The fourth-order valence-electron chi connectivity index (χ4n) is 2.48. The van der Waals surface area contributed by atoms with Gasteiger partial charge in [-0.25, -0.2) is 8.42 Å². The van der Waals surface area contributed by atoms with Gasteiger partial charge in [0.05, 0.1) is 4.90 Å². The molecule has 0 saturated carbocycles. The average Bonchev–Trinajstić information content (AvgIpc) is 3.01. The van der Waals surface area contributed by atoms with Crippen molar-refractivity contribution in [2.45, 2.75) is 44.4 Å². The van der Waals surface area contributed by atoms with Crippen LogP contribution in [0, 0.1) is 5.92 Å². The second-order valence-electron chi connectivity index (χ2n) is 5.57. The molecule has 1 aromatic carbocycles. The van der Waals surface area contributed by atoms with Gasteiger partial charge in [-0.15, -0.1) is 0 Å². The van der Waals surface area contributed by atoms with Crippen molar-refractivity contribution in [2.75, 3.05) is 11.9 Å². The lowest BCUT2D eigenvalue weighted by atomic mass is 10.0. The molecule has 0 aliphatic carbocycles. The largest absolute Gasteiger partial charge is 0.326 e. The second kappa shape index (κ2) is 7.59. The number of sulfonamides is 1. The molecule has 1 amide bonds. The summed E-state index contributed by atoms with van der Waals surface area (Å²) < 4.78 is 27.2. The number of anilines is 1. The molecule has 2 rings (SSSR count). The maximum atomic E-state index is 12.4. The first-order valence-corrected chi connectivity index (χ1v) is 9.41. The van der Waals surface area contributed by atoms with Crippen molar-refractivity contribution in [1.82, 2.24) is 4.72 Å². The summed E-state index contributed by atoms with van der Waals surface area (Å²) in [6.07, 6.45) is 3.01.